The number of nitrogens with one attached hydrogen (secondary N) is 1. The lowest BCUT2D eigenvalue weighted by Gasteiger charge is -2.19. The molecule has 8 heteroatoms. The van der Waals surface area contributed by atoms with E-state index >= 15 is 0 Å². The Kier molecular flexibility index (Phi) is 14.8. The van der Waals surface area contributed by atoms with Crippen LogP contribution < -0.4 is 19.6 Å². The van der Waals surface area contributed by atoms with Crippen molar-refractivity contribution in [3.8, 4) is 5.75 Å². The Hall–Kier alpha value is -2.58. The minimum absolute atomic E-state index is 0.236. The number of nitrogens with zero attached hydrogens (tertiary/aromatic N) is 2. The van der Waals surface area contributed by atoms with Crippen LogP contribution in [0.4, 0.5) is 5.69 Å². The number of likely N-dealkylation sites (N-methyl/N-ethyl adjacent to an activating group) is 1. The first kappa shape index (κ1) is 29.4. The normalized spacial score (nSPS) is 10.7. The smallest absolute Gasteiger partial charge is 0.373 e. The van der Waals surface area contributed by atoms with Crippen LogP contribution in [0.25, 0.3) is 0 Å². The van der Waals surface area contributed by atoms with Crippen molar-refractivity contribution in [2.75, 3.05) is 25.0 Å². The van der Waals surface area contributed by atoms with Gasteiger partial charge in [0.25, 0.3) is 0 Å². The number of hydrogen-bond acceptors (Lipinski definition) is 6. The molecule has 0 amide bonds. The van der Waals surface area contributed by atoms with Gasteiger partial charge in [0, 0.05) is 25.5 Å². The fourth-order valence-corrected chi connectivity index (χ4v) is 2.91. The molecule has 7 nitrogen and oxygen atoms in total. The first-order valence-electron chi connectivity index (χ1n) is 11.0. The third-order valence-corrected chi connectivity index (χ3v) is 4.75. The molecule has 0 aromatic heterocycles. The van der Waals surface area contributed by atoms with E-state index in [1.165, 1.54) is 11.3 Å². The van der Waals surface area contributed by atoms with E-state index in [2.05, 4.69) is 69.9 Å². The molecule has 0 aliphatic heterocycles. The number of hydrazone groups is 1. The summed E-state index contributed by atoms with van der Waals surface area (Å²) in [6, 6.07) is 15.5. The summed E-state index contributed by atoms with van der Waals surface area (Å²) < 4.78 is 25.5. The van der Waals surface area contributed by atoms with Crippen LogP contribution in [-0.4, -0.2) is 34.8 Å². The van der Waals surface area contributed by atoms with E-state index in [1.807, 2.05) is 27.7 Å². The molecule has 0 fully saturated rings. The van der Waals surface area contributed by atoms with Crippen molar-refractivity contribution in [1.29, 1.82) is 0 Å². The second-order valence-corrected chi connectivity index (χ2v) is 8.19. The highest BCUT2D eigenvalue weighted by atomic mass is 32.2. The zero-order chi connectivity index (χ0) is 24.6. The van der Waals surface area contributed by atoms with Crippen molar-refractivity contribution in [3.63, 3.8) is 0 Å². The summed E-state index contributed by atoms with van der Waals surface area (Å²) in [6.45, 7) is 14.1. The van der Waals surface area contributed by atoms with E-state index in [4.69, 9.17) is 0 Å². The van der Waals surface area contributed by atoms with E-state index in [1.54, 1.807) is 30.5 Å². The van der Waals surface area contributed by atoms with E-state index in [9.17, 15) is 8.42 Å². The maximum atomic E-state index is 10.5. The van der Waals surface area contributed by atoms with Crippen molar-refractivity contribution in [1.82, 2.24) is 5.43 Å². The van der Waals surface area contributed by atoms with Gasteiger partial charge in [-0.25, -0.2) is 0 Å². The SMILES string of the molecule is C/C=N\NCCN(C)c1ccc(C(C)C)cc1.CC.CCc1ccc(OS(N)(=O)=O)cc1. The van der Waals surface area contributed by atoms with Crippen LogP contribution in [0.1, 0.15) is 58.6 Å². The van der Waals surface area contributed by atoms with Gasteiger partial charge in [-0.05, 0) is 54.7 Å². The summed E-state index contributed by atoms with van der Waals surface area (Å²) in [5, 5.41) is 8.66. The van der Waals surface area contributed by atoms with Crippen LogP contribution in [0, 0.1) is 0 Å². The first-order chi connectivity index (χ1) is 15.2. The molecule has 0 bridgehead atoms. The number of aryl methyl sites for hydroxylation is 1. The second kappa shape index (κ2) is 16.1. The van der Waals surface area contributed by atoms with E-state index < -0.39 is 10.3 Å². The minimum atomic E-state index is -3.90. The third kappa shape index (κ3) is 13.0. The van der Waals surface area contributed by atoms with Gasteiger partial charge in [0.1, 0.15) is 5.75 Å². The van der Waals surface area contributed by atoms with Gasteiger partial charge in [-0.2, -0.15) is 18.7 Å². The van der Waals surface area contributed by atoms with Gasteiger partial charge in [-0.15, -0.1) is 0 Å². The molecule has 0 saturated heterocycles. The Balaban J connectivity index is 0.000000574. The highest BCUT2D eigenvalue weighted by Crippen LogP contribution is 2.19. The van der Waals surface area contributed by atoms with Gasteiger partial charge in [0.2, 0.25) is 0 Å². The lowest BCUT2D eigenvalue weighted by molar-refractivity contribution is 0.487. The predicted molar refractivity (Wildman–Crippen MR) is 137 cm³/mol. The van der Waals surface area contributed by atoms with Gasteiger partial charge in [0.05, 0.1) is 6.54 Å². The van der Waals surface area contributed by atoms with Crippen LogP contribution in [0.5, 0.6) is 5.75 Å². The Morgan fingerprint density at radius 3 is 2.09 bits per heavy atom. The van der Waals surface area contributed by atoms with E-state index in [0.717, 1.165) is 25.1 Å². The first-order valence-corrected chi connectivity index (χ1v) is 12.5. The number of hydrogen-bond donors (Lipinski definition) is 2. The standard InChI is InChI=1S/C14H23N3.C8H11NO3S.C2H6/c1-5-15-16-10-11-17(4)14-8-6-13(7-9-14)12(2)3;1-2-7-3-5-8(6-4-7)12-13(9,10)11;1-2/h5-9,12,16H,10-11H2,1-4H3;3-6H,2H2,1H3,(H2,9,10,11);1-2H3/b15-5-;;. The average molecular weight is 465 g/mol. The molecule has 0 aliphatic rings. The van der Waals surface area contributed by atoms with Gasteiger partial charge >= 0.3 is 10.3 Å². The van der Waals surface area contributed by atoms with Crippen LogP contribution in [-0.2, 0) is 16.7 Å². The Bertz CT molecular complexity index is 865. The molecule has 0 saturated carbocycles. The predicted octanol–water partition coefficient (Wildman–Crippen LogP) is 4.70. The average Bonchev–Trinajstić information content (AvgIpc) is 2.78. The highest BCUT2D eigenvalue weighted by Gasteiger charge is 2.04. The highest BCUT2D eigenvalue weighted by molar-refractivity contribution is 7.84. The number of nitrogens with two attached hydrogens (primary N) is 1. The number of benzene rings is 2. The summed E-state index contributed by atoms with van der Waals surface area (Å²) in [4.78, 5) is 2.22. The fourth-order valence-electron chi connectivity index (χ4n) is 2.53. The summed E-state index contributed by atoms with van der Waals surface area (Å²) in [5.74, 6) is 0.828. The molecule has 2 aromatic rings. The molecular formula is C24H40N4O3S. The molecule has 0 aliphatic carbocycles. The lowest BCUT2D eigenvalue weighted by atomic mass is 10.0. The monoisotopic (exact) mass is 464 g/mol. The maximum absolute atomic E-state index is 10.5. The van der Waals surface area contributed by atoms with Crippen LogP contribution in [0.15, 0.2) is 53.6 Å². The van der Waals surface area contributed by atoms with Gasteiger partial charge in [0.15, 0.2) is 0 Å². The molecule has 0 spiro atoms. The molecule has 32 heavy (non-hydrogen) atoms. The summed E-state index contributed by atoms with van der Waals surface area (Å²) in [6.07, 6.45) is 2.66. The molecular weight excluding hydrogens is 424 g/mol. The third-order valence-electron chi connectivity index (χ3n) is 4.32. The largest absolute Gasteiger partial charge is 0.380 e. The van der Waals surface area contributed by atoms with E-state index in [-0.39, 0.29) is 5.75 Å². The van der Waals surface area contributed by atoms with Gasteiger partial charge < -0.3 is 14.5 Å². The molecule has 0 unspecified atom stereocenters. The van der Waals surface area contributed by atoms with Crippen molar-refractivity contribution in [2.24, 2.45) is 10.2 Å². The lowest BCUT2D eigenvalue weighted by Crippen LogP contribution is -2.26. The summed E-state index contributed by atoms with van der Waals surface area (Å²) >= 11 is 0. The zero-order valence-corrected chi connectivity index (χ0v) is 21.3. The Morgan fingerprint density at radius 2 is 1.66 bits per heavy atom. The second-order valence-electron chi connectivity index (χ2n) is 7.04. The van der Waals surface area contributed by atoms with Crippen molar-refractivity contribution < 1.29 is 12.6 Å². The fraction of sp³-hybridized carbons (Fsp3) is 0.458. The van der Waals surface area contributed by atoms with Crippen LogP contribution in [0.2, 0.25) is 0 Å². The Labute approximate surface area is 194 Å². The van der Waals surface area contributed by atoms with Crippen molar-refractivity contribution in [2.45, 2.75) is 53.9 Å². The van der Waals surface area contributed by atoms with Gasteiger partial charge in [-0.3, -0.25) is 0 Å². The molecule has 3 N–H and O–H groups in total. The Morgan fingerprint density at radius 1 is 1.09 bits per heavy atom. The molecule has 180 valence electrons. The molecule has 0 heterocycles. The van der Waals surface area contributed by atoms with Crippen LogP contribution >= 0.6 is 0 Å². The summed E-state index contributed by atoms with van der Waals surface area (Å²) in [7, 11) is -1.80. The summed E-state index contributed by atoms with van der Waals surface area (Å²) in [5.41, 5.74) is 6.74. The van der Waals surface area contributed by atoms with Gasteiger partial charge in [-0.1, -0.05) is 58.9 Å². The zero-order valence-electron chi connectivity index (χ0n) is 20.5. The molecule has 0 radical (unpaired) electrons. The number of anilines is 1. The molecule has 2 aromatic carbocycles. The molecule has 0 atom stereocenters. The minimum Gasteiger partial charge on any atom is -0.373 e. The topological polar surface area (TPSA) is 97.0 Å². The van der Waals surface area contributed by atoms with E-state index in [0.29, 0.717) is 5.92 Å². The number of rotatable bonds is 9. The van der Waals surface area contributed by atoms with Crippen molar-refractivity contribution >= 4 is 22.2 Å². The quantitative estimate of drug-likeness (QED) is 0.318. The maximum Gasteiger partial charge on any atom is 0.380 e. The van der Waals surface area contributed by atoms with Crippen molar-refractivity contribution in [3.05, 3.63) is 59.7 Å². The van der Waals surface area contributed by atoms with Crippen LogP contribution in [0.3, 0.4) is 0 Å². The molecule has 2 rings (SSSR count).